The summed E-state index contributed by atoms with van der Waals surface area (Å²) in [6.07, 6.45) is 1.13. The highest BCUT2D eigenvalue weighted by Gasteiger charge is 2.05. The lowest BCUT2D eigenvalue weighted by Gasteiger charge is -2.09. The number of carbonyl (C=O) groups excluding carboxylic acids is 1. The third-order valence-electron chi connectivity index (χ3n) is 3.22. The molecule has 2 rings (SSSR count). The van der Waals surface area contributed by atoms with Crippen molar-refractivity contribution in [1.29, 1.82) is 0 Å². The van der Waals surface area contributed by atoms with E-state index in [0.717, 1.165) is 23.4 Å². The standard InChI is InChI=1S/C18H22N2O3.ClH/c1-22-10-3-11-23-17-5-2-4-16(13-17)20-18(21)12-14-6-8-15(19)9-7-14;/h2,4-9,13H,3,10-12,19H2,1H3,(H,20,21);1H. The average Bonchev–Trinajstić information content (AvgIpc) is 2.54. The van der Waals surface area contributed by atoms with Crippen LogP contribution in [0.4, 0.5) is 11.4 Å². The Bertz CT molecular complexity index is 632. The van der Waals surface area contributed by atoms with E-state index < -0.39 is 0 Å². The quantitative estimate of drug-likeness (QED) is 0.566. The van der Waals surface area contributed by atoms with Gasteiger partial charge in [-0.15, -0.1) is 12.4 Å². The van der Waals surface area contributed by atoms with Crippen LogP contribution in [0.3, 0.4) is 0 Å². The molecule has 130 valence electrons. The van der Waals surface area contributed by atoms with Crippen LogP contribution in [0.5, 0.6) is 5.75 Å². The van der Waals surface area contributed by atoms with E-state index >= 15 is 0 Å². The fourth-order valence-electron chi connectivity index (χ4n) is 2.08. The number of carbonyl (C=O) groups is 1. The summed E-state index contributed by atoms with van der Waals surface area (Å²) in [7, 11) is 1.66. The number of rotatable bonds is 8. The molecule has 0 atom stereocenters. The van der Waals surface area contributed by atoms with Gasteiger partial charge in [0.15, 0.2) is 0 Å². The normalized spacial score (nSPS) is 9.88. The van der Waals surface area contributed by atoms with E-state index in [1.165, 1.54) is 0 Å². The molecule has 3 N–H and O–H groups in total. The lowest BCUT2D eigenvalue weighted by molar-refractivity contribution is -0.115. The first kappa shape index (κ1) is 19.8. The summed E-state index contributed by atoms with van der Waals surface area (Å²) < 4.78 is 10.6. The molecule has 0 bridgehead atoms. The zero-order valence-corrected chi connectivity index (χ0v) is 14.5. The number of hydrogen-bond donors (Lipinski definition) is 2. The van der Waals surface area contributed by atoms with Gasteiger partial charge in [0.05, 0.1) is 13.0 Å². The lowest BCUT2D eigenvalue weighted by Crippen LogP contribution is -2.14. The maximum Gasteiger partial charge on any atom is 0.228 e. The third kappa shape index (κ3) is 6.89. The maximum atomic E-state index is 12.1. The molecule has 0 aliphatic carbocycles. The summed E-state index contributed by atoms with van der Waals surface area (Å²) in [5.41, 5.74) is 7.96. The van der Waals surface area contributed by atoms with Gasteiger partial charge in [0, 0.05) is 37.6 Å². The van der Waals surface area contributed by atoms with Crippen LogP contribution in [0, 0.1) is 0 Å². The molecular weight excluding hydrogens is 328 g/mol. The number of hydrogen-bond acceptors (Lipinski definition) is 4. The first-order valence-electron chi connectivity index (χ1n) is 7.53. The van der Waals surface area contributed by atoms with Crippen molar-refractivity contribution in [3.8, 4) is 5.75 Å². The average molecular weight is 351 g/mol. The van der Waals surface area contributed by atoms with Crippen molar-refractivity contribution >= 4 is 29.7 Å². The van der Waals surface area contributed by atoms with E-state index in [4.69, 9.17) is 15.2 Å². The van der Waals surface area contributed by atoms with Crippen LogP contribution in [0.25, 0.3) is 0 Å². The molecule has 0 spiro atoms. The second-order valence-corrected chi connectivity index (χ2v) is 5.19. The van der Waals surface area contributed by atoms with E-state index in [2.05, 4.69) is 5.32 Å². The van der Waals surface area contributed by atoms with Crippen LogP contribution in [-0.2, 0) is 16.0 Å². The van der Waals surface area contributed by atoms with Crippen LogP contribution in [0.1, 0.15) is 12.0 Å². The summed E-state index contributed by atoms with van der Waals surface area (Å²) in [5.74, 6) is 0.651. The highest BCUT2D eigenvalue weighted by molar-refractivity contribution is 5.92. The van der Waals surface area contributed by atoms with Crippen molar-refractivity contribution in [2.75, 3.05) is 31.4 Å². The monoisotopic (exact) mass is 350 g/mol. The summed E-state index contributed by atoms with van der Waals surface area (Å²) in [6.45, 7) is 1.24. The highest BCUT2D eigenvalue weighted by Crippen LogP contribution is 2.18. The molecule has 2 aromatic carbocycles. The SMILES string of the molecule is COCCCOc1cccc(NC(=O)Cc2ccc(N)cc2)c1.Cl. The Morgan fingerprint density at radius 3 is 2.58 bits per heavy atom. The Balaban J connectivity index is 0.00000288. The molecule has 0 radical (unpaired) electrons. The van der Waals surface area contributed by atoms with Crippen molar-refractivity contribution in [3.63, 3.8) is 0 Å². The van der Waals surface area contributed by atoms with Crippen LogP contribution >= 0.6 is 12.4 Å². The van der Waals surface area contributed by atoms with Crippen LogP contribution in [0.15, 0.2) is 48.5 Å². The predicted octanol–water partition coefficient (Wildman–Crippen LogP) is 3.29. The van der Waals surface area contributed by atoms with Gasteiger partial charge >= 0.3 is 0 Å². The summed E-state index contributed by atoms with van der Waals surface area (Å²) in [5, 5.41) is 2.87. The van der Waals surface area contributed by atoms with Crippen molar-refractivity contribution in [1.82, 2.24) is 0 Å². The van der Waals surface area contributed by atoms with Gasteiger partial charge in [-0.1, -0.05) is 18.2 Å². The first-order chi connectivity index (χ1) is 11.2. The Labute approximate surface area is 148 Å². The fourth-order valence-corrected chi connectivity index (χ4v) is 2.08. The summed E-state index contributed by atoms with van der Waals surface area (Å²) in [6, 6.07) is 14.6. The first-order valence-corrected chi connectivity index (χ1v) is 7.53. The minimum absolute atomic E-state index is 0. The number of benzene rings is 2. The highest BCUT2D eigenvalue weighted by atomic mass is 35.5. The number of halogens is 1. The molecule has 0 heterocycles. The molecule has 0 saturated heterocycles. The van der Waals surface area contributed by atoms with Gasteiger partial charge in [0.25, 0.3) is 0 Å². The molecule has 0 aliphatic rings. The molecule has 6 heteroatoms. The number of nitrogens with one attached hydrogen (secondary N) is 1. The topological polar surface area (TPSA) is 73.6 Å². The number of methoxy groups -OCH3 is 1. The van der Waals surface area contributed by atoms with Gasteiger partial charge in [-0.25, -0.2) is 0 Å². The number of anilines is 2. The van der Waals surface area contributed by atoms with Crippen molar-refractivity contribution in [2.45, 2.75) is 12.8 Å². The molecule has 24 heavy (non-hydrogen) atoms. The van der Waals surface area contributed by atoms with Gasteiger partial charge in [0.2, 0.25) is 5.91 Å². The Morgan fingerprint density at radius 1 is 1.12 bits per heavy atom. The molecule has 0 aliphatic heterocycles. The maximum absolute atomic E-state index is 12.1. The number of amides is 1. The van der Waals surface area contributed by atoms with Crippen molar-refractivity contribution in [3.05, 3.63) is 54.1 Å². The zero-order chi connectivity index (χ0) is 16.5. The van der Waals surface area contributed by atoms with E-state index in [0.29, 0.717) is 25.3 Å². The second-order valence-electron chi connectivity index (χ2n) is 5.19. The van der Waals surface area contributed by atoms with E-state index in [-0.39, 0.29) is 18.3 Å². The van der Waals surface area contributed by atoms with E-state index in [9.17, 15) is 4.79 Å². The van der Waals surface area contributed by atoms with Crippen LogP contribution < -0.4 is 15.8 Å². The third-order valence-corrected chi connectivity index (χ3v) is 3.22. The van der Waals surface area contributed by atoms with Crippen molar-refractivity contribution in [2.24, 2.45) is 0 Å². The summed E-state index contributed by atoms with van der Waals surface area (Å²) >= 11 is 0. The number of nitrogen functional groups attached to an aromatic ring is 1. The Morgan fingerprint density at radius 2 is 1.88 bits per heavy atom. The predicted molar refractivity (Wildman–Crippen MR) is 98.9 cm³/mol. The van der Waals surface area contributed by atoms with Gasteiger partial charge < -0.3 is 20.5 Å². The van der Waals surface area contributed by atoms with Gasteiger partial charge in [-0.2, -0.15) is 0 Å². The second kappa shape index (κ2) is 10.5. The van der Waals surface area contributed by atoms with Gasteiger partial charge in [-0.05, 0) is 29.8 Å². The minimum atomic E-state index is -0.0775. The molecule has 0 fully saturated rings. The lowest BCUT2D eigenvalue weighted by atomic mass is 10.1. The number of ether oxygens (including phenoxy) is 2. The molecule has 0 unspecified atom stereocenters. The molecule has 0 saturated carbocycles. The molecule has 1 amide bonds. The van der Waals surface area contributed by atoms with Crippen LogP contribution in [-0.4, -0.2) is 26.2 Å². The van der Waals surface area contributed by atoms with E-state index in [1.807, 2.05) is 36.4 Å². The van der Waals surface area contributed by atoms with Crippen LogP contribution in [0.2, 0.25) is 0 Å². The smallest absolute Gasteiger partial charge is 0.228 e. The van der Waals surface area contributed by atoms with Gasteiger partial charge in [-0.3, -0.25) is 4.79 Å². The van der Waals surface area contributed by atoms with E-state index in [1.54, 1.807) is 19.2 Å². The zero-order valence-electron chi connectivity index (χ0n) is 13.7. The summed E-state index contributed by atoms with van der Waals surface area (Å²) in [4.78, 5) is 12.1. The number of nitrogens with two attached hydrogens (primary N) is 1. The largest absolute Gasteiger partial charge is 0.493 e. The van der Waals surface area contributed by atoms with Gasteiger partial charge in [0.1, 0.15) is 5.75 Å². The Hall–Kier alpha value is -2.24. The van der Waals surface area contributed by atoms with Crippen molar-refractivity contribution < 1.29 is 14.3 Å². The molecule has 2 aromatic rings. The Kier molecular flexibility index (Phi) is 8.68. The fraction of sp³-hybridized carbons (Fsp3) is 0.278. The molecule has 5 nitrogen and oxygen atoms in total. The molecule has 0 aromatic heterocycles. The minimum Gasteiger partial charge on any atom is -0.493 e. The molecular formula is C18H23ClN2O3.